The van der Waals surface area contributed by atoms with E-state index < -0.39 is 12.1 Å². The summed E-state index contributed by atoms with van der Waals surface area (Å²) in [6, 6.07) is -0.547. The number of unbranched alkanes of at least 4 members (excludes halogenated alkanes) is 42. The van der Waals surface area contributed by atoms with E-state index in [1.165, 1.54) is 257 Å². The normalized spacial score (nSPS) is 12.9. The molecule has 74 heavy (non-hydrogen) atoms. The van der Waals surface area contributed by atoms with Crippen molar-refractivity contribution in [3.63, 3.8) is 0 Å². The van der Waals surface area contributed by atoms with Gasteiger partial charge in [0.15, 0.2) is 0 Å². The molecule has 3 N–H and O–H groups in total. The minimum absolute atomic E-state index is 0.0375. The number of hydrogen-bond donors (Lipinski definition) is 3. The lowest BCUT2D eigenvalue weighted by Gasteiger charge is -2.22. The van der Waals surface area contributed by atoms with Gasteiger partial charge in [-0.2, -0.15) is 0 Å². The van der Waals surface area contributed by atoms with Crippen LogP contribution in [0.1, 0.15) is 348 Å². The monoisotopic (exact) mass is 1040 g/mol. The molecular weight excluding hydrogens is 911 g/mol. The summed E-state index contributed by atoms with van der Waals surface area (Å²) in [5, 5.41) is 23.4. The van der Waals surface area contributed by atoms with Crippen LogP contribution in [0.5, 0.6) is 0 Å². The van der Waals surface area contributed by atoms with E-state index in [0.717, 1.165) is 57.8 Å². The summed E-state index contributed by atoms with van der Waals surface area (Å²) in [7, 11) is 0. The van der Waals surface area contributed by atoms with Gasteiger partial charge in [0.25, 0.3) is 0 Å². The van der Waals surface area contributed by atoms with Crippen LogP contribution in [-0.2, 0) is 14.3 Å². The summed E-state index contributed by atoms with van der Waals surface area (Å²) in [6.07, 6.45) is 81.4. The fourth-order valence-corrected chi connectivity index (χ4v) is 10.1. The predicted octanol–water partition coefficient (Wildman–Crippen LogP) is 20.9. The number of carbonyl (C=O) groups is 2. The second-order valence-corrected chi connectivity index (χ2v) is 22.4. The van der Waals surface area contributed by atoms with Gasteiger partial charge in [0.1, 0.15) is 0 Å². The topological polar surface area (TPSA) is 95.9 Å². The summed E-state index contributed by atoms with van der Waals surface area (Å²) in [6.45, 7) is 4.84. The van der Waals surface area contributed by atoms with Crippen LogP contribution < -0.4 is 5.32 Å². The van der Waals surface area contributed by atoms with E-state index >= 15 is 0 Å². The Balaban J connectivity index is 3.46. The van der Waals surface area contributed by atoms with Crippen molar-refractivity contribution < 1.29 is 24.5 Å². The zero-order valence-corrected chi connectivity index (χ0v) is 49.6. The summed E-state index contributed by atoms with van der Waals surface area (Å²) >= 11 is 0. The number of carbonyl (C=O) groups excluding carboxylic acids is 2. The van der Waals surface area contributed by atoms with Crippen LogP contribution in [0.3, 0.4) is 0 Å². The maximum atomic E-state index is 12.5. The lowest BCUT2D eigenvalue weighted by atomic mass is 10.0. The summed E-state index contributed by atoms with van der Waals surface area (Å²) in [4.78, 5) is 24.6. The van der Waals surface area contributed by atoms with Crippen molar-refractivity contribution in [3.05, 3.63) is 48.6 Å². The Morgan fingerprint density at radius 2 is 0.676 bits per heavy atom. The number of ether oxygens (including phenoxy) is 1. The molecule has 2 atom stereocenters. The first-order valence-electron chi connectivity index (χ1n) is 32.9. The largest absolute Gasteiger partial charge is 0.465 e. The molecule has 0 aliphatic carbocycles. The number of esters is 1. The van der Waals surface area contributed by atoms with Gasteiger partial charge in [-0.15, -0.1) is 0 Å². The van der Waals surface area contributed by atoms with Gasteiger partial charge in [-0.1, -0.05) is 306 Å². The van der Waals surface area contributed by atoms with Crippen LogP contribution in [0.2, 0.25) is 0 Å². The second-order valence-electron chi connectivity index (χ2n) is 22.4. The molecule has 6 heteroatoms. The van der Waals surface area contributed by atoms with Crippen molar-refractivity contribution in [3.8, 4) is 0 Å². The Labute approximate surface area is 461 Å². The van der Waals surface area contributed by atoms with Gasteiger partial charge in [-0.05, 0) is 77.0 Å². The smallest absolute Gasteiger partial charge is 0.305 e. The van der Waals surface area contributed by atoms with E-state index in [0.29, 0.717) is 25.9 Å². The third-order valence-corrected chi connectivity index (χ3v) is 15.1. The van der Waals surface area contributed by atoms with Gasteiger partial charge in [-0.25, -0.2) is 0 Å². The molecule has 0 spiro atoms. The number of aliphatic hydroxyl groups is 2. The average molecular weight is 1040 g/mol. The van der Waals surface area contributed by atoms with Crippen LogP contribution >= 0.6 is 0 Å². The molecule has 6 nitrogen and oxygen atoms in total. The van der Waals surface area contributed by atoms with Gasteiger partial charge in [0.05, 0.1) is 25.4 Å². The lowest BCUT2D eigenvalue weighted by Crippen LogP contribution is -2.45. The van der Waals surface area contributed by atoms with E-state index in [1.807, 2.05) is 0 Å². The highest BCUT2D eigenvalue weighted by atomic mass is 16.5. The first-order valence-corrected chi connectivity index (χ1v) is 32.9. The van der Waals surface area contributed by atoms with E-state index in [2.05, 4.69) is 67.8 Å². The fraction of sp³-hybridized carbons (Fsp3) is 0.853. The molecule has 1 amide bonds. The quantitative estimate of drug-likeness (QED) is 0.0320. The van der Waals surface area contributed by atoms with Crippen molar-refractivity contribution in [2.75, 3.05) is 13.2 Å². The second kappa shape index (κ2) is 63.4. The third-order valence-electron chi connectivity index (χ3n) is 15.1. The molecule has 0 saturated carbocycles. The average Bonchev–Trinajstić information content (AvgIpc) is 3.40. The standard InChI is InChI=1S/C68H127NO5/c1-3-5-7-9-11-13-15-17-19-21-25-29-32-36-40-44-48-52-56-60-66(71)65(64-70)69-67(72)61-57-53-49-45-41-37-33-30-26-23-22-24-27-31-35-39-43-47-51-55-59-63-74-68(73)62-58-54-50-46-42-38-34-28-20-18-16-14-12-10-8-6-4-2/h12,14,18,20,39,43,51,55,65-66,70-71H,3-11,13,15-17,19,21-38,40-42,44-50,52-54,56-64H2,1-2H3,(H,69,72)/b14-12-,20-18-,43-39-,55-51-. The third kappa shape index (κ3) is 59.1. The minimum Gasteiger partial charge on any atom is -0.465 e. The van der Waals surface area contributed by atoms with E-state index in [1.54, 1.807) is 0 Å². The molecule has 2 unspecified atom stereocenters. The molecular formula is C68H127NO5. The number of hydrogen-bond acceptors (Lipinski definition) is 5. The molecule has 0 rings (SSSR count). The Hall–Kier alpha value is -2.18. The molecule has 0 aromatic heterocycles. The van der Waals surface area contributed by atoms with E-state index in [4.69, 9.17) is 4.74 Å². The highest BCUT2D eigenvalue weighted by molar-refractivity contribution is 5.76. The molecule has 0 saturated heterocycles. The lowest BCUT2D eigenvalue weighted by molar-refractivity contribution is -0.143. The van der Waals surface area contributed by atoms with Crippen LogP contribution in [0.25, 0.3) is 0 Å². The first-order chi connectivity index (χ1) is 36.5. The van der Waals surface area contributed by atoms with Gasteiger partial charge in [-0.3, -0.25) is 9.59 Å². The number of rotatable bonds is 61. The van der Waals surface area contributed by atoms with Crippen LogP contribution in [0, 0.1) is 0 Å². The van der Waals surface area contributed by atoms with Crippen molar-refractivity contribution in [2.24, 2.45) is 0 Å². The van der Waals surface area contributed by atoms with Gasteiger partial charge in [0, 0.05) is 12.8 Å². The number of aliphatic hydroxyl groups excluding tert-OH is 2. The highest BCUT2D eigenvalue weighted by Gasteiger charge is 2.20. The van der Waals surface area contributed by atoms with Crippen LogP contribution in [0.4, 0.5) is 0 Å². The van der Waals surface area contributed by atoms with Crippen molar-refractivity contribution >= 4 is 11.9 Å². The Bertz CT molecular complexity index is 1240. The molecule has 0 aromatic rings. The molecule has 0 bridgehead atoms. The first kappa shape index (κ1) is 71.8. The number of nitrogens with one attached hydrogen (secondary N) is 1. The molecule has 0 aromatic carbocycles. The predicted molar refractivity (Wildman–Crippen MR) is 324 cm³/mol. The number of amides is 1. The van der Waals surface area contributed by atoms with Gasteiger partial charge < -0.3 is 20.3 Å². The van der Waals surface area contributed by atoms with Crippen molar-refractivity contribution in [1.82, 2.24) is 5.32 Å². The molecule has 0 radical (unpaired) electrons. The molecule has 0 heterocycles. The van der Waals surface area contributed by atoms with Crippen LogP contribution in [-0.4, -0.2) is 47.4 Å². The molecule has 0 fully saturated rings. The minimum atomic E-state index is -0.670. The van der Waals surface area contributed by atoms with Gasteiger partial charge in [0.2, 0.25) is 5.91 Å². The maximum absolute atomic E-state index is 12.5. The summed E-state index contributed by atoms with van der Waals surface area (Å²) < 4.78 is 5.42. The summed E-state index contributed by atoms with van der Waals surface area (Å²) in [5.41, 5.74) is 0. The summed E-state index contributed by atoms with van der Waals surface area (Å²) in [5.74, 6) is -0.0803. The zero-order chi connectivity index (χ0) is 53.6. The Kier molecular flexibility index (Phi) is 61.5. The van der Waals surface area contributed by atoms with E-state index in [9.17, 15) is 19.8 Å². The van der Waals surface area contributed by atoms with Crippen molar-refractivity contribution in [1.29, 1.82) is 0 Å². The Morgan fingerprint density at radius 1 is 0.378 bits per heavy atom. The molecule has 434 valence electrons. The molecule has 0 aliphatic rings. The molecule has 0 aliphatic heterocycles. The highest BCUT2D eigenvalue weighted by Crippen LogP contribution is 2.18. The van der Waals surface area contributed by atoms with Gasteiger partial charge >= 0.3 is 5.97 Å². The van der Waals surface area contributed by atoms with E-state index in [-0.39, 0.29) is 18.5 Å². The Morgan fingerprint density at radius 3 is 1.05 bits per heavy atom. The SMILES string of the molecule is CCCCC/C=C\C/C=C\CCCCCCCCCC(=O)OCC/C=C\C/C=C\CCCCCCCCCCCCCCCCC(=O)NC(CO)C(O)CCCCCCCCCCCCCCCCCCCCC. The van der Waals surface area contributed by atoms with Crippen LogP contribution in [0.15, 0.2) is 48.6 Å². The maximum Gasteiger partial charge on any atom is 0.305 e. The fourth-order valence-electron chi connectivity index (χ4n) is 10.1. The van der Waals surface area contributed by atoms with Crippen molar-refractivity contribution in [2.45, 2.75) is 360 Å². The number of allylic oxidation sites excluding steroid dienone is 7. The zero-order valence-electron chi connectivity index (χ0n) is 49.6.